The van der Waals surface area contributed by atoms with Crippen molar-refractivity contribution >= 4 is 11.9 Å². The maximum Gasteiger partial charge on any atom is 0.330 e. The number of aliphatic hydroxyl groups excluding tert-OH is 2. The van der Waals surface area contributed by atoms with Crippen LogP contribution in [0.1, 0.15) is 45.4 Å². The van der Waals surface area contributed by atoms with Gasteiger partial charge >= 0.3 is 11.9 Å². The predicted molar refractivity (Wildman–Crippen MR) is 84.9 cm³/mol. The van der Waals surface area contributed by atoms with Gasteiger partial charge < -0.3 is 20.4 Å². The molecule has 4 fully saturated rings. The average Bonchev–Trinajstić information content (AvgIpc) is 2.46. The van der Waals surface area contributed by atoms with E-state index in [4.69, 9.17) is 15.3 Å². The van der Waals surface area contributed by atoms with E-state index in [0.29, 0.717) is 0 Å². The number of hydrogen-bond acceptors (Lipinski definition) is 4. The molecule has 0 unspecified atom stereocenters. The maximum atomic E-state index is 11.3. The van der Waals surface area contributed by atoms with Crippen molar-refractivity contribution in [3.05, 3.63) is 12.2 Å². The van der Waals surface area contributed by atoms with Crippen molar-refractivity contribution in [3.63, 3.8) is 0 Å². The smallest absolute Gasteiger partial charge is 0.330 e. The number of hydrogen-bond donors (Lipinski definition) is 4. The molecule has 4 aliphatic carbocycles. The van der Waals surface area contributed by atoms with E-state index in [1.807, 2.05) is 0 Å². The number of carboxylic acid groups (broad SMARTS) is 2. The Morgan fingerprint density at radius 2 is 1.26 bits per heavy atom. The molecule has 0 heterocycles. The van der Waals surface area contributed by atoms with Gasteiger partial charge in [0.15, 0.2) is 0 Å². The Balaban J connectivity index is 0.000000224. The summed E-state index contributed by atoms with van der Waals surface area (Å²) in [4.78, 5) is 20.9. The fourth-order valence-corrected chi connectivity index (χ4v) is 4.37. The minimum Gasteiger partial charge on any atom is -0.481 e. The molecule has 6 nitrogen and oxygen atoms in total. The van der Waals surface area contributed by atoms with Crippen LogP contribution in [0.4, 0.5) is 0 Å². The maximum absolute atomic E-state index is 11.3. The van der Waals surface area contributed by atoms with Crippen molar-refractivity contribution in [2.24, 2.45) is 23.2 Å². The minimum atomic E-state index is -0.935. The molecule has 4 N–H and O–H groups in total. The normalized spacial score (nSPS) is 32.9. The SMILES string of the molecule is C=C(C)C(=O)O.O=C(O)C12CC3CC(CC(C3)C1)C2.OCCO. The van der Waals surface area contributed by atoms with Crippen LogP contribution in [0.15, 0.2) is 12.2 Å². The number of rotatable bonds is 3. The molecule has 0 aromatic heterocycles. The van der Waals surface area contributed by atoms with Crippen LogP contribution in [-0.2, 0) is 9.59 Å². The van der Waals surface area contributed by atoms with E-state index in [1.54, 1.807) is 0 Å². The van der Waals surface area contributed by atoms with Crippen LogP contribution in [0.5, 0.6) is 0 Å². The summed E-state index contributed by atoms with van der Waals surface area (Å²) in [7, 11) is 0. The van der Waals surface area contributed by atoms with E-state index in [2.05, 4.69) is 6.58 Å². The summed E-state index contributed by atoms with van der Waals surface area (Å²) in [5, 5.41) is 32.4. The summed E-state index contributed by atoms with van der Waals surface area (Å²) >= 11 is 0. The van der Waals surface area contributed by atoms with E-state index in [9.17, 15) is 14.7 Å². The second kappa shape index (κ2) is 8.45. The van der Waals surface area contributed by atoms with Gasteiger partial charge in [-0.05, 0) is 63.2 Å². The van der Waals surface area contributed by atoms with Gasteiger partial charge in [0.05, 0.1) is 18.6 Å². The Hall–Kier alpha value is -1.40. The second-order valence-corrected chi connectivity index (χ2v) is 7.04. The quantitative estimate of drug-likeness (QED) is 0.588. The van der Waals surface area contributed by atoms with Crippen LogP contribution in [0.3, 0.4) is 0 Å². The first-order valence-corrected chi connectivity index (χ1v) is 8.08. The van der Waals surface area contributed by atoms with Gasteiger partial charge in [0.1, 0.15) is 0 Å². The van der Waals surface area contributed by atoms with Gasteiger partial charge in [-0.2, -0.15) is 0 Å². The lowest BCUT2D eigenvalue weighted by atomic mass is 9.49. The summed E-state index contributed by atoms with van der Waals surface area (Å²) in [6.45, 7) is 4.35. The predicted octanol–water partition coefficient (Wildman–Crippen LogP) is 1.91. The third kappa shape index (κ3) is 5.32. The van der Waals surface area contributed by atoms with E-state index >= 15 is 0 Å². The van der Waals surface area contributed by atoms with Crippen LogP contribution in [0.2, 0.25) is 0 Å². The Morgan fingerprint density at radius 3 is 1.43 bits per heavy atom. The zero-order valence-corrected chi connectivity index (χ0v) is 13.7. The molecule has 4 rings (SSSR count). The summed E-state index contributed by atoms with van der Waals surface area (Å²) in [5.74, 6) is 0.814. The Labute approximate surface area is 136 Å². The fourth-order valence-electron chi connectivity index (χ4n) is 4.37. The molecule has 4 aliphatic rings. The molecule has 0 aromatic rings. The molecular formula is C17H28O6. The molecule has 0 saturated heterocycles. The highest BCUT2D eigenvalue weighted by molar-refractivity contribution is 5.84. The zero-order chi connectivity index (χ0) is 17.6. The molecule has 0 aliphatic heterocycles. The molecule has 6 heteroatoms. The van der Waals surface area contributed by atoms with Crippen LogP contribution in [0, 0.1) is 23.2 Å². The van der Waals surface area contributed by atoms with Crippen LogP contribution < -0.4 is 0 Å². The van der Waals surface area contributed by atoms with Crippen molar-refractivity contribution < 1.29 is 30.0 Å². The summed E-state index contributed by atoms with van der Waals surface area (Å²) < 4.78 is 0. The third-order valence-corrected chi connectivity index (χ3v) is 4.96. The molecule has 0 atom stereocenters. The average molecular weight is 328 g/mol. The summed E-state index contributed by atoms with van der Waals surface area (Å²) in [6, 6.07) is 0. The topological polar surface area (TPSA) is 115 Å². The Kier molecular flexibility index (Phi) is 7.22. The number of aliphatic hydroxyl groups is 2. The van der Waals surface area contributed by atoms with E-state index in [-0.39, 0.29) is 24.2 Å². The summed E-state index contributed by atoms with van der Waals surface area (Å²) in [6.07, 6.45) is 6.92. The van der Waals surface area contributed by atoms with Crippen molar-refractivity contribution in [3.8, 4) is 0 Å². The largest absolute Gasteiger partial charge is 0.481 e. The highest BCUT2D eigenvalue weighted by atomic mass is 16.4. The molecule has 0 amide bonds. The zero-order valence-electron chi connectivity index (χ0n) is 13.7. The first-order chi connectivity index (χ1) is 10.7. The minimum absolute atomic E-state index is 0.125. The van der Waals surface area contributed by atoms with Crippen LogP contribution in [0.25, 0.3) is 0 Å². The van der Waals surface area contributed by atoms with Crippen LogP contribution >= 0.6 is 0 Å². The fraction of sp³-hybridized carbons (Fsp3) is 0.765. The van der Waals surface area contributed by atoms with Crippen molar-refractivity contribution in [2.45, 2.75) is 45.4 Å². The highest BCUT2D eigenvalue weighted by Gasteiger charge is 2.54. The van der Waals surface area contributed by atoms with Crippen LogP contribution in [-0.4, -0.2) is 45.6 Å². The molecule has 0 radical (unpaired) electrons. The van der Waals surface area contributed by atoms with Gasteiger partial charge in [0.2, 0.25) is 0 Å². The van der Waals surface area contributed by atoms with Gasteiger partial charge in [-0.15, -0.1) is 0 Å². The number of carboxylic acids is 2. The lowest BCUT2D eigenvalue weighted by molar-refractivity contribution is -0.164. The third-order valence-electron chi connectivity index (χ3n) is 4.96. The van der Waals surface area contributed by atoms with Crippen molar-refractivity contribution in [2.75, 3.05) is 13.2 Å². The van der Waals surface area contributed by atoms with E-state index in [0.717, 1.165) is 37.0 Å². The number of carbonyl (C=O) groups is 2. The molecule has 4 bridgehead atoms. The Morgan fingerprint density at radius 1 is 0.957 bits per heavy atom. The van der Waals surface area contributed by atoms with Crippen molar-refractivity contribution in [1.29, 1.82) is 0 Å². The van der Waals surface area contributed by atoms with E-state index in [1.165, 1.54) is 26.2 Å². The molecule has 132 valence electrons. The molecule has 0 aromatic carbocycles. The molecule has 0 spiro atoms. The molecule has 4 saturated carbocycles. The number of aliphatic carboxylic acids is 2. The van der Waals surface area contributed by atoms with Gasteiger partial charge in [0.25, 0.3) is 0 Å². The lowest BCUT2D eigenvalue weighted by Gasteiger charge is -2.54. The first kappa shape index (κ1) is 19.6. The monoisotopic (exact) mass is 328 g/mol. The second-order valence-electron chi connectivity index (χ2n) is 7.04. The van der Waals surface area contributed by atoms with Crippen molar-refractivity contribution in [1.82, 2.24) is 0 Å². The molecular weight excluding hydrogens is 300 g/mol. The van der Waals surface area contributed by atoms with Gasteiger partial charge in [-0.25, -0.2) is 4.79 Å². The Bertz CT molecular complexity index is 393. The van der Waals surface area contributed by atoms with Gasteiger partial charge in [-0.3, -0.25) is 4.79 Å². The lowest BCUT2D eigenvalue weighted by Crippen LogP contribution is -2.49. The molecule has 23 heavy (non-hydrogen) atoms. The standard InChI is InChI=1S/C11H16O2.C4H6O2.C2H6O2/c12-10(13)11-4-7-1-8(5-11)3-9(2-7)6-11;1-3(2)4(5)6;3-1-2-4/h7-9H,1-6H2,(H,12,13);1H2,2H3,(H,5,6);3-4H,1-2H2. The van der Waals surface area contributed by atoms with E-state index < -0.39 is 11.9 Å². The van der Waals surface area contributed by atoms with Gasteiger partial charge in [-0.1, -0.05) is 6.58 Å². The first-order valence-electron chi connectivity index (χ1n) is 8.08. The highest BCUT2D eigenvalue weighted by Crippen LogP contribution is 2.59. The summed E-state index contributed by atoms with van der Waals surface area (Å²) in [5.41, 5.74) is -0.107. The van der Waals surface area contributed by atoms with Gasteiger partial charge in [0, 0.05) is 5.57 Å².